The van der Waals surface area contributed by atoms with Crippen LogP contribution in [0.3, 0.4) is 0 Å². The second kappa shape index (κ2) is 5.15. The van der Waals surface area contributed by atoms with Gasteiger partial charge in [-0.2, -0.15) is 0 Å². The van der Waals surface area contributed by atoms with Crippen LogP contribution in [0.4, 0.5) is 5.82 Å². The maximum atomic E-state index is 11.6. The summed E-state index contributed by atoms with van der Waals surface area (Å²) in [5.74, 6) is 2.92. The van der Waals surface area contributed by atoms with Crippen LogP contribution in [0.15, 0.2) is 12.3 Å². The van der Waals surface area contributed by atoms with E-state index >= 15 is 0 Å². The van der Waals surface area contributed by atoms with E-state index in [0.717, 1.165) is 37.6 Å². The van der Waals surface area contributed by atoms with E-state index < -0.39 is 0 Å². The van der Waals surface area contributed by atoms with Crippen LogP contribution in [0.5, 0.6) is 0 Å². The molecule has 2 fully saturated rings. The minimum Gasteiger partial charge on any atom is -0.359 e. The molecule has 1 aromatic rings. The largest absolute Gasteiger partial charge is 0.359 e. The smallest absolute Gasteiger partial charge is 0.222 e. The first-order chi connectivity index (χ1) is 9.28. The molecule has 1 aliphatic carbocycles. The fourth-order valence-corrected chi connectivity index (χ4v) is 2.65. The lowest BCUT2D eigenvalue weighted by atomic mass is 9.96. The van der Waals surface area contributed by atoms with Gasteiger partial charge in [-0.05, 0) is 31.7 Å². The van der Waals surface area contributed by atoms with Crippen LogP contribution < -0.4 is 10.2 Å². The van der Waals surface area contributed by atoms with Crippen LogP contribution in [-0.4, -0.2) is 36.0 Å². The lowest BCUT2D eigenvalue weighted by Crippen LogP contribution is -2.40. The van der Waals surface area contributed by atoms with Gasteiger partial charge in [-0.15, -0.1) is 0 Å². The zero-order valence-corrected chi connectivity index (χ0v) is 11.3. The maximum Gasteiger partial charge on any atom is 0.222 e. The number of carbonyl (C=O) groups is 1. The molecule has 1 aliphatic heterocycles. The fourth-order valence-electron chi connectivity index (χ4n) is 2.65. The van der Waals surface area contributed by atoms with Crippen LogP contribution in [-0.2, 0) is 4.79 Å². The third kappa shape index (κ3) is 2.69. The van der Waals surface area contributed by atoms with E-state index in [1.165, 1.54) is 12.8 Å². The van der Waals surface area contributed by atoms with Gasteiger partial charge in [-0.25, -0.2) is 9.97 Å². The number of nitrogens with zero attached hydrogens (tertiary/aromatic N) is 3. The predicted molar refractivity (Wildman–Crippen MR) is 73.0 cm³/mol. The normalized spacial score (nSPS) is 20.4. The minimum absolute atomic E-state index is 0.158. The molecule has 0 aromatic carbocycles. The molecule has 2 heterocycles. The molecule has 2 aliphatic rings. The highest BCUT2D eigenvalue weighted by molar-refractivity contribution is 5.78. The number of aromatic nitrogens is 2. The van der Waals surface area contributed by atoms with E-state index in [1.807, 2.05) is 12.3 Å². The quantitative estimate of drug-likeness (QED) is 0.890. The van der Waals surface area contributed by atoms with Gasteiger partial charge >= 0.3 is 0 Å². The van der Waals surface area contributed by atoms with Crippen molar-refractivity contribution in [3.8, 4) is 0 Å². The standard InChI is InChI=1S/C14H20N4O/c1-15-14(19)11-5-8-18(9-6-11)12-4-7-16-13(17-12)10-2-3-10/h4,7,10-11H,2-3,5-6,8-9H2,1H3,(H,15,19). The van der Waals surface area contributed by atoms with Crippen molar-refractivity contribution in [3.63, 3.8) is 0 Å². The Balaban J connectivity index is 1.64. The van der Waals surface area contributed by atoms with E-state index in [4.69, 9.17) is 0 Å². The summed E-state index contributed by atoms with van der Waals surface area (Å²) in [6.45, 7) is 1.80. The van der Waals surface area contributed by atoms with E-state index in [1.54, 1.807) is 7.05 Å². The van der Waals surface area contributed by atoms with Crippen molar-refractivity contribution < 1.29 is 4.79 Å². The lowest BCUT2D eigenvalue weighted by Gasteiger charge is -2.32. The van der Waals surface area contributed by atoms with Crippen LogP contribution in [0.25, 0.3) is 0 Å². The topological polar surface area (TPSA) is 58.1 Å². The Morgan fingerprint density at radius 1 is 1.32 bits per heavy atom. The number of piperidine rings is 1. The zero-order chi connectivity index (χ0) is 13.2. The first-order valence-corrected chi connectivity index (χ1v) is 7.07. The average Bonchev–Trinajstić information content (AvgIpc) is 3.31. The molecule has 0 bridgehead atoms. The number of carbonyl (C=O) groups excluding carboxylic acids is 1. The summed E-state index contributed by atoms with van der Waals surface area (Å²) in [7, 11) is 1.71. The highest BCUT2D eigenvalue weighted by Gasteiger charge is 2.28. The first-order valence-electron chi connectivity index (χ1n) is 7.07. The van der Waals surface area contributed by atoms with Gasteiger partial charge in [0, 0.05) is 38.2 Å². The monoisotopic (exact) mass is 260 g/mol. The molecule has 0 radical (unpaired) electrons. The Morgan fingerprint density at radius 2 is 2.05 bits per heavy atom. The van der Waals surface area contributed by atoms with E-state index in [2.05, 4.69) is 20.2 Å². The third-order valence-corrected chi connectivity index (χ3v) is 4.04. The van der Waals surface area contributed by atoms with Gasteiger partial charge in [0.25, 0.3) is 0 Å². The van der Waals surface area contributed by atoms with Crippen molar-refractivity contribution in [1.82, 2.24) is 15.3 Å². The molecule has 1 amide bonds. The van der Waals surface area contributed by atoms with Gasteiger partial charge in [-0.3, -0.25) is 4.79 Å². The summed E-state index contributed by atoms with van der Waals surface area (Å²) in [6.07, 6.45) is 6.12. The molecule has 0 unspecified atom stereocenters. The summed E-state index contributed by atoms with van der Waals surface area (Å²) in [5, 5.41) is 2.74. The molecule has 1 saturated heterocycles. The van der Waals surface area contributed by atoms with Crippen molar-refractivity contribution in [2.45, 2.75) is 31.6 Å². The lowest BCUT2D eigenvalue weighted by molar-refractivity contribution is -0.125. The maximum absolute atomic E-state index is 11.6. The van der Waals surface area contributed by atoms with Crippen LogP contribution in [0.1, 0.15) is 37.4 Å². The summed E-state index contributed by atoms with van der Waals surface area (Å²) < 4.78 is 0. The average molecular weight is 260 g/mol. The van der Waals surface area contributed by atoms with Crippen LogP contribution in [0.2, 0.25) is 0 Å². The molecule has 1 N–H and O–H groups in total. The molecular formula is C14H20N4O. The molecule has 0 spiro atoms. The Hall–Kier alpha value is -1.65. The molecule has 5 heteroatoms. The Bertz CT molecular complexity index is 464. The molecule has 19 heavy (non-hydrogen) atoms. The van der Waals surface area contributed by atoms with Crippen molar-refractivity contribution in [2.24, 2.45) is 5.92 Å². The van der Waals surface area contributed by atoms with Gasteiger partial charge in [0.2, 0.25) is 5.91 Å². The van der Waals surface area contributed by atoms with Crippen LogP contribution in [0, 0.1) is 5.92 Å². The number of hydrogen-bond donors (Lipinski definition) is 1. The highest BCUT2D eigenvalue weighted by Crippen LogP contribution is 2.38. The minimum atomic E-state index is 0.158. The van der Waals surface area contributed by atoms with Crippen molar-refractivity contribution in [3.05, 3.63) is 18.1 Å². The number of rotatable bonds is 3. The van der Waals surface area contributed by atoms with Gasteiger partial charge in [-0.1, -0.05) is 0 Å². The molecule has 1 aromatic heterocycles. The van der Waals surface area contributed by atoms with E-state index in [9.17, 15) is 4.79 Å². The SMILES string of the molecule is CNC(=O)C1CCN(c2ccnc(C3CC3)n2)CC1. The first kappa shape index (κ1) is 12.4. The second-order valence-corrected chi connectivity index (χ2v) is 5.42. The van der Waals surface area contributed by atoms with Gasteiger partial charge in [0.15, 0.2) is 0 Å². The van der Waals surface area contributed by atoms with Crippen molar-refractivity contribution in [2.75, 3.05) is 25.0 Å². The van der Waals surface area contributed by atoms with Crippen molar-refractivity contribution >= 4 is 11.7 Å². The molecule has 102 valence electrons. The Labute approximate surface area is 113 Å². The number of anilines is 1. The van der Waals surface area contributed by atoms with Gasteiger partial charge in [0.1, 0.15) is 11.6 Å². The van der Waals surface area contributed by atoms with Crippen LogP contribution >= 0.6 is 0 Å². The zero-order valence-electron chi connectivity index (χ0n) is 11.3. The summed E-state index contributed by atoms with van der Waals surface area (Å²) in [5.41, 5.74) is 0. The Morgan fingerprint density at radius 3 is 2.68 bits per heavy atom. The number of nitrogens with one attached hydrogen (secondary N) is 1. The van der Waals surface area contributed by atoms with Gasteiger partial charge in [0.05, 0.1) is 0 Å². The molecule has 0 atom stereocenters. The second-order valence-electron chi connectivity index (χ2n) is 5.42. The van der Waals surface area contributed by atoms with Crippen molar-refractivity contribution in [1.29, 1.82) is 0 Å². The molecule has 5 nitrogen and oxygen atoms in total. The highest BCUT2D eigenvalue weighted by atomic mass is 16.1. The van der Waals surface area contributed by atoms with E-state index in [-0.39, 0.29) is 11.8 Å². The molecular weight excluding hydrogens is 240 g/mol. The Kier molecular flexibility index (Phi) is 3.36. The third-order valence-electron chi connectivity index (χ3n) is 4.04. The summed E-state index contributed by atoms with van der Waals surface area (Å²) in [6, 6.07) is 1.98. The van der Waals surface area contributed by atoms with Gasteiger partial charge < -0.3 is 10.2 Å². The fraction of sp³-hybridized carbons (Fsp3) is 0.643. The number of amides is 1. The molecule has 1 saturated carbocycles. The summed E-state index contributed by atoms with van der Waals surface area (Å²) >= 11 is 0. The van der Waals surface area contributed by atoms with E-state index in [0.29, 0.717) is 5.92 Å². The predicted octanol–water partition coefficient (Wildman–Crippen LogP) is 1.32. The number of hydrogen-bond acceptors (Lipinski definition) is 4. The summed E-state index contributed by atoms with van der Waals surface area (Å²) in [4.78, 5) is 22.9. The molecule has 3 rings (SSSR count).